The zero-order chi connectivity index (χ0) is 18.8. The molecule has 0 unspecified atom stereocenters. The molecular formula is C18H22N2O4S. The minimum absolute atomic E-state index is 0.0287. The lowest BCUT2D eigenvalue weighted by atomic mass is 10.1. The second-order valence-corrected chi connectivity index (χ2v) is 7.56. The van der Waals surface area contributed by atoms with E-state index in [1.807, 2.05) is 32.0 Å². The maximum absolute atomic E-state index is 12.4. The summed E-state index contributed by atoms with van der Waals surface area (Å²) in [5.74, 6) is 0.366. The van der Waals surface area contributed by atoms with Crippen LogP contribution in [0, 0.1) is 20.8 Å². The summed E-state index contributed by atoms with van der Waals surface area (Å²) in [6.07, 6.45) is 0.114. The molecule has 2 aromatic carbocycles. The first-order chi connectivity index (χ1) is 11.6. The molecule has 1 amide bonds. The number of rotatable bonds is 5. The number of nitrogens with one attached hydrogen (secondary N) is 1. The van der Waals surface area contributed by atoms with Gasteiger partial charge in [-0.1, -0.05) is 17.7 Å². The Kier molecular flexibility index (Phi) is 5.49. The maximum atomic E-state index is 12.4. The number of sulfonamides is 1. The van der Waals surface area contributed by atoms with E-state index >= 15 is 0 Å². The molecule has 0 saturated carbocycles. The summed E-state index contributed by atoms with van der Waals surface area (Å²) in [5, 5.41) is 7.96. The average molecular weight is 362 g/mol. The molecule has 0 saturated heterocycles. The van der Waals surface area contributed by atoms with Crippen molar-refractivity contribution in [2.45, 2.75) is 32.1 Å². The van der Waals surface area contributed by atoms with Crippen molar-refractivity contribution in [1.29, 1.82) is 0 Å². The topological polar surface area (TPSA) is 98.5 Å². The molecule has 0 heterocycles. The summed E-state index contributed by atoms with van der Waals surface area (Å²) >= 11 is 0. The molecule has 2 aromatic rings. The second kappa shape index (κ2) is 7.25. The van der Waals surface area contributed by atoms with Gasteiger partial charge in [0.25, 0.3) is 0 Å². The number of nitrogens with two attached hydrogens (primary N) is 1. The van der Waals surface area contributed by atoms with Gasteiger partial charge < -0.3 is 10.1 Å². The van der Waals surface area contributed by atoms with Crippen LogP contribution in [0.1, 0.15) is 22.3 Å². The van der Waals surface area contributed by atoms with Crippen molar-refractivity contribution in [2.24, 2.45) is 5.14 Å². The van der Waals surface area contributed by atoms with Crippen LogP contribution < -0.4 is 15.2 Å². The van der Waals surface area contributed by atoms with Gasteiger partial charge in [-0.3, -0.25) is 4.79 Å². The Hall–Kier alpha value is -2.38. The highest BCUT2D eigenvalue weighted by atomic mass is 32.2. The van der Waals surface area contributed by atoms with E-state index in [4.69, 9.17) is 9.88 Å². The Morgan fingerprint density at radius 2 is 1.84 bits per heavy atom. The summed E-state index contributed by atoms with van der Waals surface area (Å²) < 4.78 is 28.5. The van der Waals surface area contributed by atoms with E-state index in [9.17, 15) is 13.2 Å². The quantitative estimate of drug-likeness (QED) is 0.853. The largest absolute Gasteiger partial charge is 0.496 e. The van der Waals surface area contributed by atoms with Crippen molar-refractivity contribution in [2.75, 3.05) is 12.4 Å². The molecule has 0 aromatic heterocycles. The van der Waals surface area contributed by atoms with Crippen molar-refractivity contribution >= 4 is 21.6 Å². The fourth-order valence-electron chi connectivity index (χ4n) is 2.53. The number of aryl methyl sites for hydroxylation is 2. The summed E-state index contributed by atoms with van der Waals surface area (Å²) in [7, 11) is -2.30. The Morgan fingerprint density at radius 3 is 2.44 bits per heavy atom. The zero-order valence-corrected chi connectivity index (χ0v) is 15.5. The van der Waals surface area contributed by atoms with Gasteiger partial charge in [-0.15, -0.1) is 0 Å². The van der Waals surface area contributed by atoms with Crippen LogP contribution >= 0.6 is 0 Å². The zero-order valence-electron chi connectivity index (χ0n) is 14.7. The van der Waals surface area contributed by atoms with E-state index in [0.717, 1.165) is 22.3 Å². The van der Waals surface area contributed by atoms with Gasteiger partial charge in [-0.05, 0) is 50.1 Å². The van der Waals surface area contributed by atoms with Crippen molar-refractivity contribution in [3.8, 4) is 5.75 Å². The molecule has 0 aliphatic carbocycles. The number of hydrogen-bond donors (Lipinski definition) is 2. The van der Waals surface area contributed by atoms with Crippen LogP contribution in [-0.4, -0.2) is 21.4 Å². The van der Waals surface area contributed by atoms with Crippen molar-refractivity contribution in [3.05, 3.63) is 52.6 Å². The molecule has 3 N–H and O–H groups in total. The number of methoxy groups -OCH3 is 1. The highest BCUT2D eigenvalue weighted by Crippen LogP contribution is 2.25. The van der Waals surface area contributed by atoms with Crippen LogP contribution in [0.5, 0.6) is 5.75 Å². The number of primary sulfonamides is 1. The summed E-state index contributed by atoms with van der Waals surface area (Å²) in [5.41, 5.74) is 3.73. The fraction of sp³-hybridized carbons (Fsp3) is 0.278. The van der Waals surface area contributed by atoms with Crippen LogP contribution in [0.25, 0.3) is 0 Å². The Labute approximate surface area is 148 Å². The van der Waals surface area contributed by atoms with E-state index in [2.05, 4.69) is 5.32 Å². The smallest absolute Gasteiger partial charge is 0.238 e. The number of amides is 1. The fourth-order valence-corrected chi connectivity index (χ4v) is 3.16. The van der Waals surface area contributed by atoms with Gasteiger partial charge in [0.2, 0.25) is 15.9 Å². The molecule has 2 rings (SSSR count). The summed E-state index contributed by atoms with van der Waals surface area (Å²) in [6, 6.07) is 8.47. The van der Waals surface area contributed by atoms with Gasteiger partial charge in [-0.25, -0.2) is 13.6 Å². The molecule has 0 atom stereocenters. The molecule has 0 radical (unpaired) electrons. The first-order valence-electron chi connectivity index (χ1n) is 7.69. The minimum atomic E-state index is -3.85. The number of benzene rings is 2. The number of carbonyl (C=O) groups excluding carboxylic acids is 1. The van der Waals surface area contributed by atoms with Crippen LogP contribution in [0.3, 0.4) is 0 Å². The number of ether oxygens (including phenoxy) is 1. The van der Waals surface area contributed by atoms with E-state index in [0.29, 0.717) is 11.4 Å². The van der Waals surface area contributed by atoms with Crippen LogP contribution in [0.2, 0.25) is 0 Å². The van der Waals surface area contributed by atoms with Gasteiger partial charge in [0.05, 0.1) is 18.4 Å². The van der Waals surface area contributed by atoms with Crippen LogP contribution in [-0.2, 0) is 21.2 Å². The van der Waals surface area contributed by atoms with Gasteiger partial charge in [-0.2, -0.15) is 0 Å². The van der Waals surface area contributed by atoms with Gasteiger partial charge in [0.1, 0.15) is 5.75 Å². The molecule has 6 nitrogen and oxygen atoms in total. The molecular weight excluding hydrogens is 340 g/mol. The molecule has 0 fully saturated rings. The summed E-state index contributed by atoms with van der Waals surface area (Å²) in [4.78, 5) is 12.4. The molecule has 0 bridgehead atoms. The average Bonchev–Trinajstić information content (AvgIpc) is 2.50. The molecule has 25 heavy (non-hydrogen) atoms. The SMILES string of the molecule is COc1ccc(C)cc1CC(=O)Nc1cc(S(N)(=O)=O)cc(C)c1C. The van der Waals surface area contributed by atoms with E-state index in [-0.39, 0.29) is 17.2 Å². The summed E-state index contributed by atoms with van der Waals surface area (Å²) in [6.45, 7) is 5.51. The van der Waals surface area contributed by atoms with Gasteiger partial charge in [0.15, 0.2) is 0 Å². The van der Waals surface area contributed by atoms with Crippen LogP contribution in [0.15, 0.2) is 35.2 Å². The predicted molar refractivity (Wildman–Crippen MR) is 97.4 cm³/mol. The van der Waals surface area contributed by atoms with E-state index in [1.54, 1.807) is 14.0 Å². The standard InChI is InChI=1S/C18H22N2O4S/c1-11-5-6-17(24-4)14(7-11)9-18(21)20-16-10-15(25(19,22)23)8-12(2)13(16)3/h5-8,10H,9H2,1-4H3,(H,20,21)(H2,19,22,23). The van der Waals surface area contributed by atoms with Crippen molar-refractivity contribution < 1.29 is 17.9 Å². The highest BCUT2D eigenvalue weighted by Gasteiger charge is 2.15. The Bertz CT molecular complexity index is 921. The predicted octanol–water partition coefficient (Wildman–Crippen LogP) is 2.45. The Balaban J connectivity index is 2.30. The highest BCUT2D eigenvalue weighted by molar-refractivity contribution is 7.89. The monoisotopic (exact) mass is 362 g/mol. The third-order valence-electron chi connectivity index (χ3n) is 4.03. The van der Waals surface area contributed by atoms with E-state index in [1.165, 1.54) is 12.1 Å². The van der Waals surface area contributed by atoms with E-state index < -0.39 is 10.0 Å². The molecule has 134 valence electrons. The normalized spacial score (nSPS) is 11.2. The van der Waals surface area contributed by atoms with Gasteiger partial charge in [0, 0.05) is 11.3 Å². The number of carbonyl (C=O) groups is 1. The third-order valence-corrected chi connectivity index (χ3v) is 4.92. The lowest BCUT2D eigenvalue weighted by molar-refractivity contribution is -0.115. The van der Waals surface area contributed by atoms with Crippen molar-refractivity contribution in [1.82, 2.24) is 0 Å². The molecule has 0 spiro atoms. The third kappa shape index (κ3) is 4.58. The van der Waals surface area contributed by atoms with Gasteiger partial charge >= 0.3 is 0 Å². The molecule has 7 heteroatoms. The molecule has 0 aliphatic heterocycles. The first kappa shape index (κ1) is 19.0. The Morgan fingerprint density at radius 1 is 1.16 bits per heavy atom. The lowest BCUT2D eigenvalue weighted by Gasteiger charge is -2.14. The number of anilines is 1. The van der Waals surface area contributed by atoms with Crippen molar-refractivity contribution in [3.63, 3.8) is 0 Å². The lowest BCUT2D eigenvalue weighted by Crippen LogP contribution is -2.18. The maximum Gasteiger partial charge on any atom is 0.238 e. The molecule has 0 aliphatic rings. The second-order valence-electron chi connectivity index (χ2n) is 6.00. The number of hydrogen-bond acceptors (Lipinski definition) is 4. The van der Waals surface area contributed by atoms with Crippen LogP contribution in [0.4, 0.5) is 5.69 Å². The minimum Gasteiger partial charge on any atom is -0.496 e. The first-order valence-corrected chi connectivity index (χ1v) is 9.24.